The molecule has 0 fully saturated rings. The Morgan fingerprint density at radius 3 is 2.68 bits per heavy atom. The van der Waals surface area contributed by atoms with Gasteiger partial charge in [-0.05, 0) is 74.1 Å². The Bertz CT molecular complexity index is 1370. The van der Waals surface area contributed by atoms with E-state index in [0.29, 0.717) is 60.0 Å². The molecule has 2 heterocycles. The molecule has 0 radical (unpaired) electrons. The largest absolute Gasteiger partial charge is 0.493 e. The van der Waals surface area contributed by atoms with Gasteiger partial charge < -0.3 is 20.1 Å². The second-order valence-corrected chi connectivity index (χ2v) is 9.51. The number of aromatic amines is 1. The average Bonchev–Trinajstić information content (AvgIpc) is 3.33. The molecule has 3 N–H and O–H groups in total. The fourth-order valence-corrected chi connectivity index (χ4v) is 3.84. The number of amides is 1. The zero-order valence-corrected chi connectivity index (χ0v) is 21.1. The highest BCUT2D eigenvalue weighted by molar-refractivity contribution is 6.01. The first-order chi connectivity index (χ1) is 17.7. The summed E-state index contributed by atoms with van der Waals surface area (Å²) in [7, 11) is 0. The number of carbonyl (C=O) groups excluding carboxylic acids is 1. The summed E-state index contributed by atoms with van der Waals surface area (Å²) < 4.78 is 20.4. The Balaban J connectivity index is 1.45. The minimum absolute atomic E-state index is 0.0711. The van der Waals surface area contributed by atoms with E-state index in [1.165, 1.54) is 6.07 Å². The fraction of sp³-hybridized carbons (Fsp3) is 0.286. The number of aromatic nitrogens is 4. The Morgan fingerprint density at radius 1 is 1.14 bits per heavy atom. The molecule has 0 aliphatic rings. The predicted molar refractivity (Wildman–Crippen MR) is 139 cm³/mol. The topological polar surface area (TPSA) is 113 Å². The summed E-state index contributed by atoms with van der Waals surface area (Å²) in [6.07, 6.45) is 3.27. The number of anilines is 1. The predicted octanol–water partition coefficient (Wildman–Crippen LogP) is 5.09. The van der Waals surface area contributed by atoms with Gasteiger partial charge in [0.2, 0.25) is 5.82 Å². The van der Waals surface area contributed by atoms with Crippen molar-refractivity contribution in [1.29, 1.82) is 0 Å². The third-order valence-corrected chi connectivity index (χ3v) is 5.79. The highest BCUT2D eigenvalue weighted by Crippen LogP contribution is 2.31. The van der Waals surface area contributed by atoms with Gasteiger partial charge in [-0.1, -0.05) is 30.3 Å². The van der Waals surface area contributed by atoms with Crippen molar-refractivity contribution in [2.75, 3.05) is 11.9 Å². The first-order valence-corrected chi connectivity index (χ1v) is 12.1. The van der Waals surface area contributed by atoms with E-state index in [2.05, 4.69) is 25.5 Å². The lowest BCUT2D eigenvalue weighted by molar-refractivity contribution is 0.0641. The number of rotatable bonds is 10. The number of hydrogen-bond acceptors (Lipinski definition) is 6. The molecule has 37 heavy (non-hydrogen) atoms. The molecule has 0 spiro atoms. The summed E-state index contributed by atoms with van der Waals surface area (Å²) in [5, 5.41) is 20.6. The van der Waals surface area contributed by atoms with Crippen LogP contribution in [-0.2, 0) is 6.42 Å². The maximum absolute atomic E-state index is 14.7. The molecule has 9 heteroatoms. The van der Waals surface area contributed by atoms with Crippen molar-refractivity contribution < 1.29 is 19.0 Å². The molecule has 0 unspecified atom stereocenters. The van der Waals surface area contributed by atoms with Gasteiger partial charge in [0.05, 0.1) is 12.2 Å². The van der Waals surface area contributed by atoms with Gasteiger partial charge in [0.25, 0.3) is 5.91 Å². The van der Waals surface area contributed by atoms with Gasteiger partial charge in [0.15, 0.2) is 0 Å². The molecule has 0 bridgehead atoms. The van der Waals surface area contributed by atoms with Crippen molar-refractivity contribution in [2.45, 2.75) is 45.6 Å². The van der Waals surface area contributed by atoms with Crippen LogP contribution >= 0.6 is 0 Å². The van der Waals surface area contributed by atoms with Gasteiger partial charge in [-0.2, -0.15) is 0 Å². The standard InChI is InChI=1S/C28H30FN5O3/c1-18-22(16-21(17-23(18)29)37-13-7-11-28(2,3)36)20-10-12-30-24(15-20)32-27(35)26-31-25(33-34-26)14-19-8-5-4-6-9-19/h4-6,8-10,12,15-17,36H,7,11,13-14H2,1-3H3,(H,30,32,35)(H,31,33,34). The number of pyridine rings is 1. The smallest absolute Gasteiger partial charge is 0.294 e. The van der Waals surface area contributed by atoms with Crippen molar-refractivity contribution in [3.63, 3.8) is 0 Å². The molecule has 0 aliphatic carbocycles. The maximum Gasteiger partial charge on any atom is 0.294 e. The van der Waals surface area contributed by atoms with Crippen molar-refractivity contribution in [3.05, 3.63) is 89.4 Å². The van der Waals surface area contributed by atoms with Gasteiger partial charge in [0.1, 0.15) is 23.2 Å². The van der Waals surface area contributed by atoms with Gasteiger partial charge in [-0.3, -0.25) is 4.79 Å². The van der Waals surface area contributed by atoms with E-state index in [-0.39, 0.29) is 5.82 Å². The second-order valence-electron chi connectivity index (χ2n) is 9.51. The normalized spacial score (nSPS) is 11.4. The lowest BCUT2D eigenvalue weighted by Crippen LogP contribution is -2.19. The molecular weight excluding hydrogens is 473 g/mol. The highest BCUT2D eigenvalue weighted by atomic mass is 19.1. The monoisotopic (exact) mass is 503 g/mol. The van der Waals surface area contributed by atoms with Crippen LogP contribution in [0.1, 0.15) is 54.3 Å². The number of nitrogens with zero attached hydrogens (tertiary/aromatic N) is 3. The third-order valence-electron chi connectivity index (χ3n) is 5.79. The molecule has 4 rings (SSSR count). The van der Waals surface area contributed by atoms with Crippen molar-refractivity contribution >= 4 is 11.7 Å². The lowest BCUT2D eigenvalue weighted by Gasteiger charge is -2.17. The fourth-order valence-electron chi connectivity index (χ4n) is 3.84. The van der Waals surface area contributed by atoms with E-state index in [9.17, 15) is 14.3 Å². The first-order valence-electron chi connectivity index (χ1n) is 12.1. The molecule has 0 saturated heterocycles. The summed E-state index contributed by atoms with van der Waals surface area (Å²) in [6.45, 7) is 5.52. The van der Waals surface area contributed by atoms with E-state index in [4.69, 9.17) is 4.74 Å². The second kappa shape index (κ2) is 11.3. The highest BCUT2D eigenvalue weighted by Gasteiger charge is 2.16. The van der Waals surface area contributed by atoms with Crippen LogP contribution in [0.5, 0.6) is 5.75 Å². The van der Waals surface area contributed by atoms with Crippen LogP contribution in [0.3, 0.4) is 0 Å². The average molecular weight is 504 g/mol. The number of nitrogens with one attached hydrogen (secondary N) is 2. The number of H-pyrrole nitrogens is 1. The van der Waals surface area contributed by atoms with Crippen molar-refractivity contribution in [3.8, 4) is 16.9 Å². The SMILES string of the molecule is Cc1c(F)cc(OCCCC(C)(C)O)cc1-c1ccnc(NC(=O)c2nnc(Cc3ccccc3)[nH]2)c1. The van der Waals surface area contributed by atoms with Crippen LogP contribution in [0, 0.1) is 12.7 Å². The molecule has 1 amide bonds. The number of halogens is 1. The summed E-state index contributed by atoms with van der Waals surface area (Å²) in [5.74, 6) is 0.447. The molecule has 192 valence electrons. The van der Waals surface area contributed by atoms with Crippen molar-refractivity contribution in [2.24, 2.45) is 0 Å². The molecule has 4 aromatic rings. The Hall–Kier alpha value is -4.11. The molecule has 2 aromatic carbocycles. The van der Waals surface area contributed by atoms with Crippen LogP contribution in [0.2, 0.25) is 0 Å². The van der Waals surface area contributed by atoms with Gasteiger partial charge in [0, 0.05) is 18.7 Å². The molecular formula is C28H30FN5O3. The van der Waals surface area contributed by atoms with E-state index in [0.717, 1.165) is 5.56 Å². The van der Waals surface area contributed by atoms with E-state index in [1.807, 2.05) is 30.3 Å². The number of benzene rings is 2. The Labute approximate surface area is 215 Å². The number of aliphatic hydroxyl groups is 1. The zero-order chi connectivity index (χ0) is 26.4. The molecule has 0 saturated carbocycles. The minimum atomic E-state index is -0.778. The van der Waals surface area contributed by atoms with Crippen LogP contribution in [0.4, 0.5) is 10.2 Å². The summed E-state index contributed by atoms with van der Waals surface area (Å²) >= 11 is 0. The third kappa shape index (κ3) is 7.20. The molecule has 8 nitrogen and oxygen atoms in total. The van der Waals surface area contributed by atoms with Gasteiger partial charge >= 0.3 is 0 Å². The molecule has 0 aliphatic heterocycles. The van der Waals surface area contributed by atoms with Gasteiger partial charge in [-0.15, -0.1) is 10.2 Å². The summed E-state index contributed by atoms with van der Waals surface area (Å²) in [5.41, 5.74) is 2.02. The van der Waals surface area contributed by atoms with Crippen LogP contribution in [-0.4, -0.2) is 43.4 Å². The van der Waals surface area contributed by atoms with Crippen LogP contribution in [0.25, 0.3) is 11.1 Å². The minimum Gasteiger partial charge on any atom is -0.493 e. The van der Waals surface area contributed by atoms with Crippen LogP contribution in [0.15, 0.2) is 60.8 Å². The molecule has 2 aromatic heterocycles. The first kappa shape index (κ1) is 26.0. The summed E-state index contributed by atoms with van der Waals surface area (Å²) in [6, 6.07) is 16.3. The number of hydrogen-bond donors (Lipinski definition) is 3. The summed E-state index contributed by atoms with van der Waals surface area (Å²) in [4.78, 5) is 19.9. The van der Waals surface area contributed by atoms with E-state index >= 15 is 0 Å². The van der Waals surface area contributed by atoms with E-state index in [1.54, 1.807) is 45.2 Å². The quantitative estimate of drug-likeness (QED) is 0.260. The Kier molecular flexibility index (Phi) is 7.93. The van der Waals surface area contributed by atoms with Gasteiger partial charge in [-0.25, -0.2) is 9.37 Å². The van der Waals surface area contributed by atoms with Crippen molar-refractivity contribution in [1.82, 2.24) is 20.2 Å². The molecule has 0 atom stereocenters. The maximum atomic E-state index is 14.7. The lowest BCUT2D eigenvalue weighted by atomic mass is 10.0. The number of ether oxygens (including phenoxy) is 1. The van der Waals surface area contributed by atoms with E-state index < -0.39 is 17.3 Å². The number of carbonyl (C=O) groups is 1. The zero-order valence-electron chi connectivity index (χ0n) is 21.1. The van der Waals surface area contributed by atoms with Crippen LogP contribution < -0.4 is 10.1 Å². The Morgan fingerprint density at radius 2 is 1.92 bits per heavy atom.